The molecule has 0 radical (unpaired) electrons. The summed E-state index contributed by atoms with van der Waals surface area (Å²) >= 11 is 6.34. The van der Waals surface area contributed by atoms with Gasteiger partial charge >= 0.3 is 0 Å². The average molecular weight is 357 g/mol. The summed E-state index contributed by atoms with van der Waals surface area (Å²) in [6.07, 6.45) is 2.47. The molecular formula is C19H17ClN2O3. The Bertz CT molecular complexity index is 1030. The van der Waals surface area contributed by atoms with E-state index in [1.807, 2.05) is 41.1 Å². The number of hydrogen-bond acceptors (Lipinski definition) is 3. The number of fused-ring (bicyclic) bond motifs is 3. The molecule has 4 rings (SSSR count). The Morgan fingerprint density at radius 2 is 1.84 bits per heavy atom. The van der Waals surface area contributed by atoms with Crippen molar-refractivity contribution in [2.45, 2.75) is 13.0 Å². The van der Waals surface area contributed by atoms with Crippen LogP contribution in [0, 0.1) is 0 Å². The van der Waals surface area contributed by atoms with Crippen LogP contribution in [0.25, 0.3) is 22.0 Å². The van der Waals surface area contributed by atoms with Gasteiger partial charge in [-0.1, -0.05) is 29.8 Å². The number of aryl methyl sites for hydroxylation is 1. The fourth-order valence-corrected chi connectivity index (χ4v) is 3.60. The van der Waals surface area contributed by atoms with E-state index in [0.29, 0.717) is 40.2 Å². The lowest BCUT2D eigenvalue weighted by atomic mass is 9.94. The van der Waals surface area contributed by atoms with Crippen LogP contribution in [0.15, 0.2) is 42.6 Å². The predicted octanol–water partition coefficient (Wildman–Crippen LogP) is 3.47. The van der Waals surface area contributed by atoms with Crippen molar-refractivity contribution in [3.8, 4) is 11.1 Å². The number of nitrogens with one attached hydrogen (secondary N) is 1. The van der Waals surface area contributed by atoms with E-state index in [0.717, 1.165) is 10.9 Å². The molecule has 0 spiro atoms. The summed E-state index contributed by atoms with van der Waals surface area (Å²) < 4.78 is 1.97. The van der Waals surface area contributed by atoms with Crippen molar-refractivity contribution in [3.63, 3.8) is 0 Å². The number of amides is 2. The first-order chi connectivity index (χ1) is 12.1. The maximum Gasteiger partial charge on any atom is 0.259 e. The Morgan fingerprint density at radius 1 is 1.08 bits per heavy atom. The largest absolute Gasteiger partial charge is 0.396 e. The number of halogens is 1. The quantitative estimate of drug-likeness (QED) is 0.703. The highest BCUT2D eigenvalue weighted by atomic mass is 35.5. The Hall–Kier alpha value is -2.63. The molecule has 2 heterocycles. The fraction of sp³-hybridized carbons (Fsp3) is 0.158. The Morgan fingerprint density at radius 3 is 2.60 bits per heavy atom. The number of rotatable bonds is 4. The summed E-state index contributed by atoms with van der Waals surface area (Å²) in [5.41, 5.74) is 2.94. The van der Waals surface area contributed by atoms with Crippen LogP contribution in [0.3, 0.4) is 0 Å². The maximum absolute atomic E-state index is 12.4. The molecule has 6 heteroatoms. The molecule has 2 amide bonds. The van der Waals surface area contributed by atoms with Gasteiger partial charge in [0.05, 0.1) is 11.1 Å². The van der Waals surface area contributed by atoms with Gasteiger partial charge in [-0.25, -0.2) is 0 Å². The van der Waals surface area contributed by atoms with Crippen LogP contribution in [0.4, 0.5) is 0 Å². The minimum atomic E-state index is -0.403. The molecule has 0 atom stereocenters. The Labute approximate surface area is 150 Å². The summed E-state index contributed by atoms with van der Waals surface area (Å²) in [4.78, 5) is 24.8. The normalized spacial score (nSPS) is 13.4. The highest BCUT2D eigenvalue weighted by Crippen LogP contribution is 2.38. The number of imide groups is 1. The number of aliphatic hydroxyl groups excluding tert-OH is 1. The molecule has 0 bridgehead atoms. The van der Waals surface area contributed by atoms with Gasteiger partial charge in [0.25, 0.3) is 11.8 Å². The van der Waals surface area contributed by atoms with Crippen molar-refractivity contribution in [1.29, 1.82) is 0 Å². The smallest absolute Gasteiger partial charge is 0.259 e. The van der Waals surface area contributed by atoms with Crippen molar-refractivity contribution in [3.05, 3.63) is 58.7 Å². The van der Waals surface area contributed by atoms with Crippen LogP contribution < -0.4 is 5.32 Å². The van der Waals surface area contributed by atoms with Gasteiger partial charge in [-0.15, -0.1) is 0 Å². The van der Waals surface area contributed by atoms with Crippen molar-refractivity contribution in [2.24, 2.45) is 0 Å². The second-order valence-electron chi connectivity index (χ2n) is 5.96. The minimum absolute atomic E-state index is 0. The van der Waals surface area contributed by atoms with Crippen LogP contribution in [0.1, 0.15) is 28.6 Å². The zero-order chi connectivity index (χ0) is 17.6. The van der Waals surface area contributed by atoms with E-state index in [9.17, 15) is 9.59 Å². The van der Waals surface area contributed by atoms with Crippen molar-refractivity contribution < 1.29 is 16.1 Å². The fourth-order valence-electron chi connectivity index (χ4n) is 3.36. The third kappa shape index (κ3) is 2.44. The number of carbonyl (C=O) groups excluding carboxylic acids is 2. The third-order valence-electron chi connectivity index (χ3n) is 4.48. The van der Waals surface area contributed by atoms with E-state index >= 15 is 0 Å². The molecule has 25 heavy (non-hydrogen) atoms. The van der Waals surface area contributed by atoms with Gasteiger partial charge < -0.3 is 9.67 Å². The molecule has 1 aliphatic rings. The van der Waals surface area contributed by atoms with E-state index < -0.39 is 5.91 Å². The van der Waals surface area contributed by atoms with Crippen LogP contribution in [-0.4, -0.2) is 28.1 Å². The first-order valence-electron chi connectivity index (χ1n) is 7.99. The van der Waals surface area contributed by atoms with Crippen LogP contribution >= 0.6 is 11.6 Å². The predicted molar refractivity (Wildman–Crippen MR) is 98.0 cm³/mol. The molecular weight excluding hydrogens is 340 g/mol. The first-order valence-corrected chi connectivity index (χ1v) is 8.37. The van der Waals surface area contributed by atoms with Crippen molar-refractivity contribution >= 4 is 34.3 Å². The molecule has 5 nitrogen and oxygen atoms in total. The molecule has 1 aliphatic heterocycles. The minimum Gasteiger partial charge on any atom is -0.396 e. The first kappa shape index (κ1) is 15.9. The molecule has 1 aromatic heterocycles. The van der Waals surface area contributed by atoms with Gasteiger partial charge in [0.15, 0.2) is 0 Å². The Balaban J connectivity index is 0.00000196. The van der Waals surface area contributed by atoms with E-state index in [1.54, 1.807) is 6.07 Å². The second kappa shape index (κ2) is 6.02. The lowest BCUT2D eigenvalue weighted by Gasteiger charge is -2.11. The average Bonchev–Trinajstić information content (AvgIpc) is 3.13. The zero-order valence-electron chi connectivity index (χ0n) is 13.3. The van der Waals surface area contributed by atoms with Gasteiger partial charge in [0, 0.05) is 42.3 Å². The van der Waals surface area contributed by atoms with Gasteiger partial charge in [-0.3, -0.25) is 14.9 Å². The molecule has 0 saturated carbocycles. The monoisotopic (exact) mass is 356 g/mol. The van der Waals surface area contributed by atoms with Crippen molar-refractivity contribution in [1.82, 2.24) is 9.88 Å². The number of benzene rings is 2. The van der Waals surface area contributed by atoms with Crippen LogP contribution in [0.5, 0.6) is 0 Å². The highest BCUT2D eigenvalue weighted by molar-refractivity contribution is 6.35. The molecule has 0 fully saturated rings. The third-order valence-corrected chi connectivity index (χ3v) is 4.81. The molecule has 2 N–H and O–H groups in total. The van der Waals surface area contributed by atoms with Gasteiger partial charge in [-0.2, -0.15) is 0 Å². The van der Waals surface area contributed by atoms with Gasteiger partial charge in [-0.05, 0) is 30.2 Å². The zero-order valence-corrected chi connectivity index (χ0v) is 14.0. The summed E-state index contributed by atoms with van der Waals surface area (Å²) in [5, 5.41) is 12.7. The van der Waals surface area contributed by atoms with E-state index in [4.69, 9.17) is 16.7 Å². The maximum atomic E-state index is 12.4. The molecule has 0 saturated heterocycles. The number of aromatic nitrogens is 1. The molecule has 128 valence electrons. The lowest BCUT2D eigenvalue weighted by Crippen LogP contribution is -2.20. The van der Waals surface area contributed by atoms with E-state index in [1.165, 1.54) is 0 Å². The number of nitrogens with zero attached hydrogens (tertiary/aromatic N) is 1. The summed E-state index contributed by atoms with van der Waals surface area (Å²) in [6.45, 7) is 0.706. The number of hydrogen-bond donors (Lipinski definition) is 2. The van der Waals surface area contributed by atoms with Crippen LogP contribution in [-0.2, 0) is 6.54 Å². The summed E-state index contributed by atoms with van der Waals surface area (Å²) in [5.74, 6) is -0.793. The van der Waals surface area contributed by atoms with Gasteiger partial charge in [0.1, 0.15) is 0 Å². The lowest BCUT2D eigenvalue weighted by molar-refractivity contribution is 0.0880. The molecule has 0 aliphatic carbocycles. The topological polar surface area (TPSA) is 71.3 Å². The van der Waals surface area contributed by atoms with E-state index in [2.05, 4.69) is 5.32 Å². The summed E-state index contributed by atoms with van der Waals surface area (Å²) in [6, 6.07) is 11.0. The SMILES string of the molecule is O=C1NC(=O)c2c1c(-c1ccccc1Cl)cc1c2ccn1CCCO.[HH]. The molecule has 0 unspecified atom stereocenters. The molecule has 2 aromatic carbocycles. The standard InChI is InChI=1S/C19H15ClN2O3.H2/c20-14-5-2-1-4-11(14)13-10-15-12(6-8-22(15)7-3-9-23)16-17(13)19(25)21-18(16)24;/h1-2,4-6,8,10,23H,3,7,9H2,(H,21,24,25);1H. The van der Waals surface area contributed by atoms with Gasteiger partial charge in [0.2, 0.25) is 0 Å². The van der Waals surface area contributed by atoms with E-state index in [-0.39, 0.29) is 13.9 Å². The van der Waals surface area contributed by atoms with Crippen LogP contribution in [0.2, 0.25) is 5.02 Å². The molecule has 3 aromatic rings. The second-order valence-corrected chi connectivity index (χ2v) is 6.36. The highest BCUT2D eigenvalue weighted by Gasteiger charge is 2.33. The summed E-state index contributed by atoms with van der Waals surface area (Å²) in [7, 11) is 0. The Kier molecular flexibility index (Phi) is 3.82. The number of carbonyl (C=O) groups is 2. The van der Waals surface area contributed by atoms with Crippen molar-refractivity contribution in [2.75, 3.05) is 6.61 Å². The number of aliphatic hydroxyl groups is 1.